The molecule has 1 aliphatic rings. The molecule has 0 unspecified atom stereocenters. The Hall–Kier alpha value is -4.35. The first-order valence-corrected chi connectivity index (χ1v) is 13.3. The number of amides is 3. The van der Waals surface area contributed by atoms with Gasteiger partial charge < -0.3 is 21.5 Å². The first kappa shape index (κ1) is 26.3. The van der Waals surface area contributed by atoms with Crippen LogP contribution >= 0.6 is 11.5 Å². The number of rotatable bonds is 8. The second-order valence-electron chi connectivity index (χ2n) is 9.39. The van der Waals surface area contributed by atoms with Crippen LogP contribution in [-0.2, 0) is 9.53 Å². The molecule has 3 amide bonds. The predicted molar refractivity (Wildman–Crippen MR) is 150 cm³/mol. The first-order valence-electron chi connectivity index (χ1n) is 12.5. The van der Waals surface area contributed by atoms with Gasteiger partial charge in [-0.1, -0.05) is 24.3 Å². The van der Waals surface area contributed by atoms with E-state index >= 15 is 0 Å². The third-order valence-corrected chi connectivity index (χ3v) is 7.48. The quantitative estimate of drug-likeness (QED) is 0.307. The van der Waals surface area contributed by atoms with Gasteiger partial charge in [0, 0.05) is 30.4 Å². The summed E-state index contributed by atoms with van der Waals surface area (Å²) in [5.74, 6) is -1.80. The highest BCUT2D eigenvalue weighted by atomic mass is 32.1. The number of nitrogens with zero attached hydrogens (tertiary/aromatic N) is 3. The topological polar surface area (TPSA) is 154 Å². The molecule has 5 rings (SSSR count). The number of ether oxygens (including phenoxy) is 1. The molecule has 2 atom stereocenters. The number of hydrogen-bond acceptors (Lipinski definition) is 8. The smallest absolute Gasteiger partial charge is 0.273 e. The molecule has 1 aliphatic heterocycles. The molecular formula is C28H28N6O4S. The molecule has 0 saturated carbocycles. The molecule has 2 aromatic heterocycles. The lowest BCUT2D eigenvalue weighted by Crippen LogP contribution is -2.45. The Balaban J connectivity index is 1.64. The van der Waals surface area contributed by atoms with Crippen LogP contribution in [0.5, 0.6) is 0 Å². The summed E-state index contributed by atoms with van der Waals surface area (Å²) in [6, 6.07) is 15.3. The zero-order chi connectivity index (χ0) is 27.5. The van der Waals surface area contributed by atoms with Crippen LogP contribution in [0.1, 0.15) is 50.2 Å². The largest absolute Gasteiger partial charge is 0.395 e. The Morgan fingerprint density at radius 2 is 2.03 bits per heavy atom. The maximum Gasteiger partial charge on any atom is 0.273 e. The second kappa shape index (κ2) is 11.2. The van der Waals surface area contributed by atoms with Crippen molar-refractivity contribution >= 4 is 51.5 Å². The van der Waals surface area contributed by atoms with E-state index in [1.54, 1.807) is 18.3 Å². The highest BCUT2D eigenvalue weighted by Gasteiger charge is 2.36. The number of nitrogens with two attached hydrogens (primary N) is 2. The SMILES string of the molecule is Cc1cccc(N(C(=O)c2snc(C(N)=O)c2N)[C@@H](C(=O)NC[C@@H]2CCCO2)c2ccc3ncccc3c2)c1. The van der Waals surface area contributed by atoms with Gasteiger partial charge in [-0.2, -0.15) is 4.37 Å². The maximum atomic E-state index is 14.2. The standard InChI is InChI=1S/C28H28N6O4S/c1-16-5-2-7-19(13-16)34(28(37)25-22(29)23(26(30)35)33-39-25)24(27(36)32-15-20-8-4-12-38-20)18-9-10-21-17(14-18)6-3-11-31-21/h2-3,5-7,9-11,13-14,20,24H,4,8,12,15,29H2,1H3,(H2,30,35)(H,32,36)/t20-,24+/m0/s1. The van der Waals surface area contributed by atoms with E-state index in [1.807, 2.05) is 49.4 Å². The van der Waals surface area contributed by atoms with Crippen molar-refractivity contribution in [2.45, 2.75) is 31.9 Å². The van der Waals surface area contributed by atoms with Gasteiger partial charge in [0.2, 0.25) is 5.91 Å². The van der Waals surface area contributed by atoms with Crippen molar-refractivity contribution in [1.29, 1.82) is 0 Å². The van der Waals surface area contributed by atoms with Gasteiger partial charge in [0.1, 0.15) is 10.9 Å². The number of nitrogens with one attached hydrogen (secondary N) is 1. The molecule has 3 heterocycles. The summed E-state index contributed by atoms with van der Waals surface area (Å²) < 4.78 is 9.70. The van der Waals surface area contributed by atoms with E-state index in [-0.39, 0.29) is 28.3 Å². The normalized spacial score (nSPS) is 15.7. The molecule has 10 nitrogen and oxygen atoms in total. The average Bonchev–Trinajstić information content (AvgIpc) is 3.59. The average molecular weight is 545 g/mol. The van der Waals surface area contributed by atoms with E-state index in [2.05, 4.69) is 14.7 Å². The van der Waals surface area contributed by atoms with Crippen molar-refractivity contribution in [3.63, 3.8) is 0 Å². The van der Waals surface area contributed by atoms with Crippen molar-refractivity contribution in [1.82, 2.24) is 14.7 Å². The molecule has 0 spiro atoms. The molecular weight excluding hydrogens is 516 g/mol. The van der Waals surface area contributed by atoms with Crippen LogP contribution < -0.4 is 21.7 Å². The number of carbonyl (C=O) groups excluding carboxylic acids is 3. The van der Waals surface area contributed by atoms with Gasteiger partial charge in [-0.3, -0.25) is 24.3 Å². The molecule has 11 heteroatoms. The molecule has 4 aromatic rings. The van der Waals surface area contributed by atoms with Gasteiger partial charge in [0.15, 0.2) is 5.69 Å². The second-order valence-corrected chi connectivity index (χ2v) is 10.2. The highest BCUT2D eigenvalue weighted by Crippen LogP contribution is 2.34. The molecule has 200 valence electrons. The summed E-state index contributed by atoms with van der Waals surface area (Å²) in [7, 11) is 0. The summed E-state index contributed by atoms with van der Waals surface area (Å²) in [5.41, 5.74) is 14.0. The summed E-state index contributed by atoms with van der Waals surface area (Å²) in [5, 5.41) is 3.81. The summed E-state index contributed by atoms with van der Waals surface area (Å²) in [6.45, 7) is 2.86. The lowest BCUT2D eigenvalue weighted by Gasteiger charge is -2.32. The minimum absolute atomic E-state index is 0.0182. The Morgan fingerprint density at radius 1 is 1.18 bits per heavy atom. The van der Waals surface area contributed by atoms with Crippen molar-refractivity contribution in [2.24, 2.45) is 5.73 Å². The van der Waals surface area contributed by atoms with Crippen molar-refractivity contribution in [3.05, 3.63) is 82.5 Å². The number of hydrogen-bond donors (Lipinski definition) is 3. The van der Waals surface area contributed by atoms with Crippen LogP contribution in [0.25, 0.3) is 10.9 Å². The zero-order valence-corrected chi connectivity index (χ0v) is 22.1. The van der Waals surface area contributed by atoms with E-state index in [1.165, 1.54) is 4.90 Å². The van der Waals surface area contributed by atoms with Crippen LogP contribution in [0.2, 0.25) is 0 Å². The van der Waals surface area contributed by atoms with Crippen LogP contribution in [-0.4, -0.2) is 46.3 Å². The molecule has 0 bridgehead atoms. The number of carbonyl (C=O) groups is 3. The maximum absolute atomic E-state index is 14.2. The van der Waals surface area contributed by atoms with E-state index in [4.69, 9.17) is 16.2 Å². The summed E-state index contributed by atoms with van der Waals surface area (Å²) in [6.07, 6.45) is 3.39. The third kappa shape index (κ3) is 5.45. The Labute approximate surface area is 229 Å². The van der Waals surface area contributed by atoms with Gasteiger partial charge in [0.25, 0.3) is 11.8 Å². The Kier molecular flexibility index (Phi) is 7.53. The van der Waals surface area contributed by atoms with E-state index in [9.17, 15) is 14.4 Å². The lowest BCUT2D eigenvalue weighted by atomic mass is 10.00. The van der Waals surface area contributed by atoms with Crippen molar-refractivity contribution in [2.75, 3.05) is 23.8 Å². The Morgan fingerprint density at radius 3 is 2.74 bits per heavy atom. The minimum Gasteiger partial charge on any atom is -0.395 e. The van der Waals surface area contributed by atoms with E-state index in [0.717, 1.165) is 40.8 Å². The number of anilines is 2. The molecule has 2 aromatic carbocycles. The Bertz CT molecular complexity index is 1550. The van der Waals surface area contributed by atoms with Gasteiger partial charge in [-0.25, -0.2) is 0 Å². The van der Waals surface area contributed by atoms with Gasteiger partial charge in [0.05, 0.1) is 17.3 Å². The third-order valence-electron chi connectivity index (χ3n) is 6.63. The van der Waals surface area contributed by atoms with Gasteiger partial charge >= 0.3 is 0 Å². The van der Waals surface area contributed by atoms with Crippen LogP contribution in [0, 0.1) is 6.92 Å². The molecule has 1 saturated heterocycles. The minimum atomic E-state index is -1.08. The number of pyridine rings is 1. The predicted octanol–water partition coefficient (Wildman–Crippen LogP) is 3.36. The molecule has 39 heavy (non-hydrogen) atoms. The van der Waals surface area contributed by atoms with Crippen LogP contribution in [0.15, 0.2) is 60.8 Å². The molecule has 0 aliphatic carbocycles. The van der Waals surface area contributed by atoms with Gasteiger partial charge in [-0.15, -0.1) is 0 Å². The fourth-order valence-electron chi connectivity index (χ4n) is 4.70. The fraction of sp³-hybridized carbons (Fsp3) is 0.250. The van der Waals surface area contributed by atoms with E-state index < -0.39 is 17.9 Å². The van der Waals surface area contributed by atoms with Crippen molar-refractivity contribution < 1.29 is 19.1 Å². The lowest BCUT2D eigenvalue weighted by molar-refractivity contribution is -0.123. The monoisotopic (exact) mass is 544 g/mol. The zero-order valence-electron chi connectivity index (χ0n) is 21.3. The van der Waals surface area contributed by atoms with Gasteiger partial charge in [-0.05, 0) is 72.8 Å². The number of aromatic nitrogens is 2. The van der Waals surface area contributed by atoms with Crippen LogP contribution in [0.4, 0.5) is 11.4 Å². The summed E-state index contributed by atoms with van der Waals surface area (Å²) >= 11 is 0.772. The van der Waals surface area contributed by atoms with Crippen molar-refractivity contribution in [3.8, 4) is 0 Å². The number of primary amides is 1. The number of fused-ring (bicyclic) bond motifs is 1. The number of aryl methyl sites for hydroxylation is 1. The molecule has 1 fully saturated rings. The number of benzene rings is 2. The number of nitrogen functional groups attached to an aromatic ring is 1. The molecule has 5 N–H and O–H groups in total. The molecule has 0 radical (unpaired) electrons. The highest BCUT2D eigenvalue weighted by molar-refractivity contribution is 7.09. The van der Waals surface area contributed by atoms with Crippen LogP contribution in [0.3, 0.4) is 0 Å². The van der Waals surface area contributed by atoms with E-state index in [0.29, 0.717) is 24.4 Å². The fourth-order valence-corrected chi connectivity index (χ4v) is 5.44. The first-order chi connectivity index (χ1) is 18.8. The summed E-state index contributed by atoms with van der Waals surface area (Å²) in [4.78, 5) is 45.8.